The summed E-state index contributed by atoms with van der Waals surface area (Å²) in [7, 11) is 0. The van der Waals surface area contributed by atoms with E-state index in [1.165, 1.54) is 29.0 Å². The predicted molar refractivity (Wildman–Crippen MR) is 90.1 cm³/mol. The highest BCUT2D eigenvalue weighted by molar-refractivity contribution is 9.08. The first kappa shape index (κ1) is 14.8. The van der Waals surface area contributed by atoms with Crippen LogP contribution in [0, 0.1) is 10.1 Å². The van der Waals surface area contributed by atoms with Crippen LogP contribution in [0.2, 0.25) is 0 Å². The number of aromatic nitrogens is 2. The molecule has 1 heterocycles. The van der Waals surface area contributed by atoms with E-state index in [0.29, 0.717) is 10.6 Å². The Morgan fingerprint density at radius 1 is 1.05 bits per heavy atom. The summed E-state index contributed by atoms with van der Waals surface area (Å²) in [6, 6.07) is 14.5. The first-order valence-corrected chi connectivity index (χ1v) is 8.35. The first-order valence-electron chi connectivity index (χ1n) is 6.41. The van der Waals surface area contributed by atoms with E-state index in [1.807, 2.05) is 24.3 Å². The fourth-order valence-electron chi connectivity index (χ4n) is 1.95. The molecular formula is C15H10BrN3O2S. The van der Waals surface area contributed by atoms with Crippen molar-refractivity contribution in [1.82, 2.24) is 10.2 Å². The van der Waals surface area contributed by atoms with Crippen molar-refractivity contribution < 1.29 is 4.92 Å². The third-order valence-electron chi connectivity index (χ3n) is 3.08. The smallest absolute Gasteiger partial charge is 0.258 e. The molecule has 22 heavy (non-hydrogen) atoms. The molecule has 0 aliphatic carbocycles. The summed E-state index contributed by atoms with van der Waals surface area (Å²) in [5.74, 6) is 0. The molecule has 0 N–H and O–H groups in total. The molecule has 7 heteroatoms. The SMILES string of the molecule is O=[N+]([O-])c1cccc(-c2nnc(-c3ccc(CBr)cc3)s2)c1. The topological polar surface area (TPSA) is 68.9 Å². The number of benzene rings is 2. The molecule has 0 amide bonds. The van der Waals surface area contributed by atoms with Crippen LogP contribution in [0.15, 0.2) is 48.5 Å². The van der Waals surface area contributed by atoms with Crippen LogP contribution in [-0.2, 0) is 5.33 Å². The van der Waals surface area contributed by atoms with Crippen LogP contribution in [0.3, 0.4) is 0 Å². The van der Waals surface area contributed by atoms with Gasteiger partial charge in [-0.3, -0.25) is 10.1 Å². The summed E-state index contributed by atoms with van der Waals surface area (Å²) >= 11 is 4.83. The van der Waals surface area contributed by atoms with E-state index in [9.17, 15) is 10.1 Å². The minimum Gasteiger partial charge on any atom is -0.258 e. The Labute approximate surface area is 138 Å². The van der Waals surface area contributed by atoms with Gasteiger partial charge in [0.2, 0.25) is 0 Å². The second-order valence-corrected chi connectivity index (χ2v) is 6.09. The summed E-state index contributed by atoms with van der Waals surface area (Å²) in [4.78, 5) is 10.4. The average molecular weight is 376 g/mol. The second kappa shape index (κ2) is 6.33. The van der Waals surface area contributed by atoms with Gasteiger partial charge in [0.25, 0.3) is 5.69 Å². The maximum absolute atomic E-state index is 10.8. The molecule has 5 nitrogen and oxygen atoms in total. The number of alkyl halides is 1. The number of non-ortho nitro benzene ring substituents is 1. The van der Waals surface area contributed by atoms with Crippen LogP contribution < -0.4 is 0 Å². The lowest BCUT2D eigenvalue weighted by Crippen LogP contribution is -1.87. The van der Waals surface area contributed by atoms with Crippen molar-refractivity contribution in [2.24, 2.45) is 0 Å². The first-order chi connectivity index (χ1) is 10.7. The molecule has 0 bridgehead atoms. The van der Waals surface area contributed by atoms with Gasteiger partial charge in [-0.15, -0.1) is 10.2 Å². The predicted octanol–water partition coefficient (Wildman–Crippen LogP) is 4.68. The van der Waals surface area contributed by atoms with E-state index in [1.54, 1.807) is 12.1 Å². The van der Waals surface area contributed by atoms with Gasteiger partial charge in [0, 0.05) is 28.6 Å². The quantitative estimate of drug-likeness (QED) is 0.377. The van der Waals surface area contributed by atoms with E-state index in [0.717, 1.165) is 15.9 Å². The zero-order valence-electron chi connectivity index (χ0n) is 11.3. The van der Waals surface area contributed by atoms with E-state index in [-0.39, 0.29) is 5.69 Å². The van der Waals surface area contributed by atoms with Crippen molar-refractivity contribution in [2.75, 3.05) is 0 Å². The number of hydrogen-bond acceptors (Lipinski definition) is 5. The molecular weight excluding hydrogens is 366 g/mol. The summed E-state index contributed by atoms with van der Waals surface area (Å²) in [6.07, 6.45) is 0. The Bertz CT molecular complexity index is 818. The van der Waals surface area contributed by atoms with Crippen LogP contribution in [0.5, 0.6) is 0 Å². The van der Waals surface area contributed by atoms with Crippen LogP contribution in [0.4, 0.5) is 5.69 Å². The van der Waals surface area contributed by atoms with E-state index >= 15 is 0 Å². The van der Waals surface area contributed by atoms with Gasteiger partial charge in [0.1, 0.15) is 10.0 Å². The summed E-state index contributed by atoms with van der Waals surface area (Å²) in [6.45, 7) is 0. The third-order valence-corrected chi connectivity index (χ3v) is 4.75. The molecule has 3 rings (SSSR count). The van der Waals surface area contributed by atoms with Gasteiger partial charge >= 0.3 is 0 Å². The Hall–Kier alpha value is -2.12. The van der Waals surface area contributed by atoms with E-state index in [2.05, 4.69) is 26.1 Å². The summed E-state index contributed by atoms with van der Waals surface area (Å²) in [5, 5.41) is 21.4. The van der Waals surface area contributed by atoms with E-state index in [4.69, 9.17) is 0 Å². The number of rotatable bonds is 4. The standard InChI is InChI=1S/C15H10BrN3O2S/c16-9-10-4-6-11(7-5-10)14-17-18-15(22-14)12-2-1-3-13(8-12)19(20)21/h1-8H,9H2. The molecule has 0 fully saturated rings. The Kier molecular flexibility index (Phi) is 4.26. The van der Waals surface area contributed by atoms with Gasteiger partial charge in [-0.1, -0.05) is 63.7 Å². The minimum absolute atomic E-state index is 0.0518. The molecule has 2 aromatic carbocycles. The highest BCUT2D eigenvalue weighted by atomic mass is 79.9. The molecule has 0 saturated carbocycles. The van der Waals surface area contributed by atoms with Crippen LogP contribution in [-0.4, -0.2) is 15.1 Å². The van der Waals surface area contributed by atoms with Crippen molar-refractivity contribution in [1.29, 1.82) is 0 Å². The van der Waals surface area contributed by atoms with Gasteiger partial charge < -0.3 is 0 Å². The molecule has 0 radical (unpaired) electrons. The molecule has 0 saturated heterocycles. The molecule has 0 atom stereocenters. The van der Waals surface area contributed by atoms with Crippen molar-refractivity contribution in [2.45, 2.75) is 5.33 Å². The number of nitro groups is 1. The van der Waals surface area contributed by atoms with Gasteiger partial charge in [-0.2, -0.15) is 0 Å². The molecule has 3 aromatic rings. The number of nitrogens with zero attached hydrogens (tertiary/aromatic N) is 3. The van der Waals surface area contributed by atoms with Gasteiger partial charge in [-0.05, 0) is 5.56 Å². The van der Waals surface area contributed by atoms with Gasteiger partial charge in [0.05, 0.1) is 4.92 Å². The number of nitro benzene ring substituents is 1. The Balaban J connectivity index is 1.93. The maximum atomic E-state index is 10.8. The van der Waals surface area contributed by atoms with Gasteiger partial charge in [-0.25, -0.2) is 0 Å². The lowest BCUT2D eigenvalue weighted by atomic mass is 10.2. The number of halogens is 1. The highest BCUT2D eigenvalue weighted by Gasteiger charge is 2.12. The Morgan fingerprint density at radius 3 is 2.36 bits per heavy atom. The molecule has 0 aliphatic heterocycles. The van der Waals surface area contributed by atoms with Crippen LogP contribution in [0.1, 0.15) is 5.56 Å². The molecule has 0 spiro atoms. The largest absolute Gasteiger partial charge is 0.270 e. The number of hydrogen-bond donors (Lipinski definition) is 0. The zero-order valence-corrected chi connectivity index (χ0v) is 13.7. The molecule has 0 aliphatic rings. The summed E-state index contributed by atoms with van der Waals surface area (Å²) < 4.78 is 0. The molecule has 1 aromatic heterocycles. The molecule has 110 valence electrons. The van der Waals surface area contributed by atoms with Crippen LogP contribution in [0.25, 0.3) is 21.1 Å². The van der Waals surface area contributed by atoms with Crippen molar-refractivity contribution >= 4 is 33.0 Å². The van der Waals surface area contributed by atoms with Crippen molar-refractivity contribution in [3.05, 3.63) is 64.2 Å². The highest BCUT2D eigenvalue weighted by Crippen LogP contribution is 2.31. The van der Waals surface area contributed by atoms with Crippen LogP contribution >= 0.6 is 27.3 Å². The van der Waals surface area contributed by atoms with Crippen molar-refractivity contribution in [3.8, 4) is 21.1 Å². The second-order valence-electron chi connectivity index (χ2n) is 4.55. The lowest BCUT2D eigenvalue weighted by molar-refractivity contribution is -0.384. The lowest BCUT2D eigenvalue weighted by Gasteiger charge is -1.97. The van der Waals surface area contributed by atoms with Gasteiger partial charge in [0.15, 0.2) is 0 Å². The van der Waals surface area contributed by atoms with Crippen molar-refractivity contribution in [3.63, 3.8) is 0 Å². The normalized spacial score (nSPS) is 10.6. The fraction of sp³-hybridized carbons (Fsp3) is 0.0667. The average Bonchev–Trinajstić information content (AvgIpc) is 3.05. The monoisotopic (exact) mass is 375 g/mol. The molecule has 0 unspecified atom stereocenters. The fourth-order valence-corrected chi connectivity index (χ4v) is 3.16. The third kappa shape index (κ3) is 3.05. The zero-order chi connectivity index (χ0) is 15.5. The maximum Gasteiger partial charge on any atom is 0.270 e. The summed E-state index contributed by atoms with van der Waals surface area (Å²) in [5.41, 5.74) is 2.93. The van der Waals surface area contributed by atoms with E-state index < -0.39 is 4.92 Å². The Morgan fingerprint density at radius 2 is 1.73 bits per heavy atom. The minimum atomic E-state index is -0.412.